The Kier molecular flexibility index (Phi) is 6.20. The molecule has 0 spiro atoms. The van der Waals surface area contributed by atoms with Crippen LogP contribution in [0.2, 0.25) is 0 Å². The summed E-state index contributed by atoms with van der Waals surface area (Å²) in [5.74, 6) is 0. The number of aryl methyl sites for hydroxylation is 1. The highest BCUT2D eigenvalue weighted by atomic mass is 15.2. The van der Waals surface area contributed by atoms with Crippen molar-refractivity contribution in [1.29, 1.82) is 0 Å². The van der Waals surface area contributed by atoms with Gasteiger partial charge in [-0.05, 0) is 54.1 Å². The quantitative estimate of drug-likeness (QED) is 0.180. The van der Waals surface area contributed by atoms with Crippen molar-refractivity contribution in [1.82, 2.24) is 18.9 Å². The van der Waals surface area contributed by atoms with Gasteiger partial charge in [0.1, 0.15) is 11.2 Å². The number of hydrogen-bond donors (Lipinski definition) is 0. The number of aromatic nitrogens is 4. The predicted molar refractivity (Wildman–Crippen MR) is 192 cm³/mol. The number of para-hydroxylation sites is 1. The van der Waals surface area contributed by atoms with Crippen LogP contribution in [-0.4, -0.2) is 18.9 Å². The molecule has 46 heavy (non-hydrogen) atoms. The van der Waals surface area contributed by atoms with E-state index in [2.05, 4.69) is 155 Å². The third kappa shape index (κ3) is 4.14. The molecule has 4 nitrogen and oxygen atoms in total. The van der Waals surface area contributed by atoms with Gasteiger partial charge in [0.25, 0.3) is 0 Å². The number of benzene rings is 5. The van der Waals surface area contributed by atoms with Crippen LogP contribution in [0.3, 0.4) is 0 Å². The Bertz CT molecular complexity index is 2500. The van der Waals surface area contributed by atoms with E-state index in [1.165, 1.54) is 40.1 Å². The van der Waals surface area contributed by atoms with Crippen LogP contribution >= 0.6 is 0 Å². The van der Waals surface area contributed by atoms with Crippen molar-refractivity contribution < 1.29 is 0 Å². The molecule has 0 aliphatic rings. The molecule has 0 N–H and O–H groups in total. The second-order valence-corrected chi connectivity index (χ2v) is 12.1. The minimum atomic E-state index is 0.938. The van der Waals surface area contributed by atoms with Crippen LogP contribution < -0.4 is 0 Å². The topological polar surface area (TPSA) is 35.1 Å². The van der Waals surface area contributed by atoms with E-state index in [4.69, 9.17) is 9.97 Å². The van der Waals surface area contributed by atoms with Gasteiger partial charge in [0.15, 0.2) is 5.65 Å². The molecule has 4 heterocycles. The first kappa shape index (κ1) is 26.6. The van der Waals surface area contributed by atoms with Gasteiger partial charge >= 0.3 is 0 Å². The van der Waals surface area contributed by atoms with Gasteiger partial charge < -0.3 is 0 Å². The Balaban J connectivity index is 1.44. The van der Waals surface area contributed by atoms with E-state index in [-0.39, 0.29) is 0 Å². The Morgan fingerprint density at radius 1 is 0.543 bits per heavy atom. The van der Waals surface area contributed by atoms with E-state index in [0.717, 1.165) is 62.3 Å². The molecule has 0 unspecified atom stereocenters. The van der Waals surface area contributed by atoms with Crippen LogP contribution in [0.25, 0.3) is 77.6 Å². The average molecular weight is 593 g/mol. The maximum atomic E-state index is 5.43. The Morgan fingerprint density at radius 2 is 1.17 bits per heavy atom. The first-order valence-corrected chi connectivity index (χ1v) is 16.2. The Morgan fingerprint density at radius 3 is 1.87 bits per heavy atom. The van der Waals surface area contributed by atoms with E-state index in [1.807, 2.05) is 0 Å². The molecule has 4 heteroatoms. The van der Waals surface area contributed by atoms with Gasteiger partial charge in [-0.3, -0.25) is 8.97 Å². The van der Waals surface area contributed by atoms with E-state index in [1.54, 1.807) is 0 Å². The molecule has 220 valence electrons. The van der Waals surface area contributed by atoms with Crippen molar-refractivity contribution >= 4 is 49.4 Å². The lowest BCUT2D eigenvalue weighted by Crippen LogP contribution is -2.01. The smallest absolute Gasteiger partial charge is 0.151 e. The summed E-state index contributed by atoms with van der Waals surface area (Å²) < 4.78 is 4.78. The summed E-state index contributed by atoms with van der Waals surface area (Å²) in [5, 5.41) is 4.81. The second-order valence-electron chi connectivity index (χ2n) is 12.1. The van der Waals surface area contributed by atoms with Crippen LogP contribution in [0.15, 0.2) is 140 Å². The van der Waals surface area contributed by atoms with Crippen molar-refractivity contribution in [2.45, 2.75) is 26.2 Å². The maximum absolute atomic E-state index is 5.43. The zero-order chi connectivity index (χ0) is 30.6. The van der Waals surface area contributed by atoms with Crippen molar-refractivity contribution in [3.8, 4) is 28.2 Å². The molecule has 0 amide bonds. The zero-order valence-electron chi connectivity index (χ0n) is 25.7. The molecule has 9 aromatic rings. The van der Waals surface area contributed by atoms with Crippen molar-refractivity contribution in [3.05, 3.63) is 145 Å². The molecule has 0 saturated heterocycles. The number of nitrogens with zero attached hydrogens (tertiary/aromatic N) is 4. The van der Waals surface area contributed by atoms with Gasteiger partial charge in [-0.15, -0.1) is 0 Å². The van der Waals surface area contributed by atoms with Crippen LogP contribution in [-0.2, 0) is 6.42 Å². The van der Waals surface area contributed by atoms with Gasteiger partial charge in [-0.2, -0.15) is 0 Å². The highest BCUT2D eigenvalue weighted by Crippen LogP contribution is 2.39. The molecule has 0 aliphatic heterocycles. The molecule has 0 radical (unpaired) electrons. The fourth-order valence-corrected chi connectivity index (χ4v) is 7.05. The molecule has 9 rings (SSSR count). The third-order valence-corrected chi connectivity index (χ3v) is 9.25. The van der Waals surface area contributed by atoms with Gasteiger partial charge in [0, 0.05) is 27.3 Å². The summed E-state index contributed by atoms with van der Waals surface area (Å²) in [5.41, 5.74) is 11.8. The fraction of sp³-hybridized carbons (Fsp3) is 0.0952. The lowest BCUT2D eigenvalue weighted by molar-refractivity contribution is 0.796. The summed E-state index contributed by atoms with van der Waals surface area (Å²) in [6.07, 6.45) is 3.45. The Hall–Kier alpha value is -5.74. The second kappa shape index (κ2) is 10.7. The average Bonchev–Trinajstić information content (AvgIpc) is 3.67. The highest BCUT2D eigenvalue weighted by molar-refractivity contribution is 6.17. The molecule has 0 bridgehead atoms. The normalized spacial score (nSPS) is 11.8. The molecule has 0 saturated carbocycles. The fourth-order valence-electron chi connectivity index (χ4n) is 7.05. The van der Waals surface area contributed by atoms with Crippen molar-refractivity contribution in [2.75, 3.05) is 0 Å². The zero-order valence-corrected chi connectivity index (χ0v) is 25.7. The van der Waals surface area contributed by atoms with Crippen LogP contribution in [0.1, 0.15) is 25.3 Å². The van der Waals surface area contributed by atoms with Gasteiger partial charge in [0.2, 0.25) is 0 Å². The molecule has 0 aliphatic carbocycles. The molecule has 5 aromatic carbocycles. The number of pyridine rings is 2. The molecular weight excluding hydrogens is 560 g/mol. The lowest BCUT2D eigenvalue weighted by Gasteiger charge is -2.15. The summed E-state index contributed by atoms with van der Waals surface area (Å²) in [7, 11) is 0. The van der Waals surface area contributed by atoms with Crippen molar-refractivity contribution in [2.24, 2.45) is 0 Å². The van der Waals surface area contributed by atoms with Crippen LogP contribution in [0.4, 0.5) is 0 Å². The van der Waals surface area contributed by atoms with E-state index >= 15 is 0 Å². The monoisotopic (exact) mass is 592 g/mol. The predicted octanol–water partition coefficient (Wildman–Crippen LogP) is 10.8. The number of hydrogen-bond acceptors (Lipinski definition) is 2. The lowest BCUT2D eigenvalue weighted by atomic mass is 10.0. The summed E-state index contributed by atoms with van der Waals surface area (Å²) in [6.45, 7) is 2.26. The molecule has 4 aromatic heterocycles. The summed E-state index contributed by atoms with van der Waals surface area (Å²) >= 11 is 0. The van der Waals surface area contributed by atoms with Gasteiger partial charge in [0.05, 0.1) is 28.1 Å². The first-order chi connectivity index (χ1) is 22.8. The maximum Gasteiger partial charge on any atom is 0.151 e. The van der Waals surface area contributed by atoms with E-state index < -0.39 is 0 Å². The van der Waals surface area contributed by atoms with E-state index in [9.17, 15) is 0 Å². The van der Waals surface area contributed by atoms with Gasteiger partial charge in [-0.1, -0.05) is 123 Å². The Labute approximate surface area is 267 Å². The van der Waals surface area contributed by atoms with Crippen LogP contribution in [0.5, 0.6) is 0 Å². The summed E-state index contributed by atoms with van der Waals surface area (Å²) in [4.78, 5) is 10.6. The number of fused-ring (bicyclic) bond motifs is 10. The first-order valence-electron chi connectivity index (χ1n) is 16.2. The van der Waals surface area contributed by atoms with Crippen LogP contribution in [0, 0.1) is 0 Å². The molecule has 0 fully saturated rings. The summed E-state index contributed by atoms with van der Waals surface area (Å²) in [6, 6.07) is 49.8. The molecular formula is C42H32N4. The largest absolute Gasteiger partial charge is 0.293 e. The molecule has 0 atom stereocenters. The van der Waals surface area contributed by atoms with Crippen molar-refractivity contribution in [3.63, 3.8) is 0 Å². The number of imidazole rings is 1. The minimum absolute atomic E-state index is 0.938. The minimum Gasteiger partial charge on any atom is -0.293 e. The van der Waals surface area contributed by atoms with E-state index in [0.29, 0.717) is 0 Å². The SMILES string of the molecule is CCCCc1ccc2c(c1)c1ccccc1c1nc3c4ccccc4n(-c4cc(-c5ccccc5)nc(-c5ccccc5)c4)c3n21. The highest BCUT2D eigenvalue weighted by Gasteiger charge is 2.22. The standard InChI is InChI=1S/C42H32N4/c1-2-3-14-28-23-24-39-35(25-28)32-19-10-11-20-33(32)41-44-40-34-21-12-13-22-38(34)45(42(40)46(39)41)31-26-36(29-15-6-4-7-16-29)43-37(27-31)30-17-8-5-9-18-30/h4-13,15-27H,2-3,14H2,1H3. The third-order valence-electron chi connectivity index (χ3n) is 9.25. The number of unbranched alkanes of at least 4 members (excludes halogenated alkanes) is 1. The van der Waals surface area contributed by atoms with Gasteiger partial charge in [-0.25, -0.2) is 9.97 Å². The number of rotatable bonds is 6.